The van der Waals surface area contributed by atoms with Crippen LogP contribution >= 0.6 is 0 Å². The van der Waals surface area contributed by atoms with Gasteiger partial charge in [-0.15, -0.1) is 0 Å². The number of aryl methyl sites for hydroxylation is 1. The van der Waals surface area contributed by atoms with Crippen molar-refractivity contribution in [3.63, 3.8) is 0 Å². The highest BCUT2D eigenvalue weighted by molar-refractivity contribution is 7.89. The van der Waals surface area contributed by atoms with Crippen molar-refractivity contribution in [1.29, 1.82) is 0 Å². The van der Waals surface area contributed by atoms with Crippen molar-refractivity contribution in [1.82, 2.24) is 14.5 Å². The molecule has 0 aliphatic carbocycles. The van der Waals surface area contributed by atoms with Gasteiger partial charge in [0.05, 0.1) is 18.1 Å². The van der Waals surface area contributed by atoms with E-state index in [-0.39, 0.29) is 16.8 Å². The molecule has 0 atom stereocenters. The number of nitrogens with one attached hydrogen (secondary N) is 1. The number of morpholine rings is 1. The molecular weight excluding hydrogens is 446 g/mol. The van der Waals surface area contributed by atoms with Crippen LogP contribution in [0.1, 0.15) is 45.6 Å². The van der Waals surface area contributed by atoms with E-state index in [4.69, 9.17) is 9.47 Å². The van der Waals surface area contributed by atoms with Crippen molar-refractivity contribution >= 4 is 22.0 Å². The first-order valence-corrected chi connectivity index (χ1v) is 12.9. The summed E-state index contributed by atoms with van der Waals surface area (Å²) < 4.78 is 37.4. The molecule has 1 aromatic carbocycles. The number of nitrogens with zero attached hydrogens (tertiary/aromatic N) is 2. The molecule has 33 heavy (non-hydrogen) atoms. The molecule has 10 heteroatoms. The van der Waals surface area contributed by atoms with Gasteiger partial charge in [0.2, 0.25) is 15.9 Å². The lowest BCUT2D eigenvalue weighted by Gasteiger charge is -2.33. The number of carbonyl (C=O) groups is 2. The van der Waals surface area contributed by atoms with Gasteiger partial charge in [0, 0.05) is 38.6 Å². The lowest BCUT2D eigenvalue weighted by Crippen LogP contribution is -2.47. The van der Waals surface area contributed by atoms with Crippen LogP contribution in [0, 0.1) is 0 Å². The average Bonchev–Trinajstić information content (AvgIpc) is 2.77. The van der Waals surface area contributed by atoms with Crippen molar-refractivity contribution in [3.05, 3.63) is 29.8 Å². The molecule has 3 rings (SSSR count). The molecule has 184 valence electrons. The van der Waals surface area contributed by atoms with Gasteiger partial charge in [-0.25, -0.2) is 13.2 Å². The smallest absolute Gasteiger partial charge is 0.407 e. The summed E-state index contributed by atoms with van der Waals surface area (Å²) in [5.74, 6) is 0.0655. The van der Waals surface area contributed by atoms with Gasteiger partial charge in [-0.1, -0.05) is 12.1 Å². The highest BCUT2D eigenvalue weighted by Crippen LogP contribution is 2.19. The van der Waals surface area contributed by atoms with E-state index in [0.29, 0.717) is 65.1 Å². The van der Waals surface area contributed by atoms with Crippen molar-refractivity contribution in [2.75, 3.05) is 39.4 Å². The second-order valence-corrected chi connectivity index (χ2v) is 11.4. The number of benzene rings is 1. The van der Waals surface area contributed by atoms with Crippen LogP contribution in [0.25, 0.3) is 0 Å². The van der Waals surface area contributed by atoms with E-state index < -0.39 is 21.7 Å². The summed E-state index contributed by atoms with van der Waals surface area (Å²) in [7, 11) is -3.51. The number of sulfonamides is 1. The fraction of sp³-hybridized carbons (Fsp3) is 0.652. The lowest BCUT2D eigenvalue weighted by molar-refractivity contribution is -0.132. The van der Waals surface area contributed by atoms with Crippen LogP contribution in [0.5, 0.6) is 0 Å². The molecule has 0 radical (unpaired) electrons. The monoisotopic (exact) mass is 481 g/mol. The normalized spacial score (nSPS) is 18.7. The fourth-order valence-electron chi connectivity index (χ4n) is 3.92. The van der Waals surface area contributed by atoms with E-state index in [9.17, 15) is 18.0 Å². The highest BCUT2D eigenvalue weighted by atomic mass is 32.2. The Morgan fingerprint density at radius 3 is 2.24 bits per heavy atom. The zero-order valence-corrected chi connectivity index (χ0v) is 20.5. The van der Waals surface area contributed by atoms with Gasteiger partial charge < -0.3 is 19.7 Å². The predicted molar refractivity (Wildman–Crippen MR) is 123 cm³/mol. The van der Waals surface area contributed by atoms with Crippen LogP contribution in [-0.2, 0) is 30.7 Å². The number of hydrogen-bond donors (Lipinski definition) is 1. The van der Waals surface area contributed by atoms with Gasteiger partial charge in [0.1, 0.15) is 5.60 Å². The standard InChI is InChI=1S/C23H35N3O6S/c1-23(2,3)32-22(28)24-19-10-12-25(13-11-19)21(27)9-6-18-4-7-20(8-5-18)33(29,30)26-14-16-31-17-15-26/h4-5,7-8,19H,6,9-17H2,1-3H3,(H,24,28). The molecule has 0 spiro atoms. The molecule has 0 aromatic heterocycles. The number of amides is 2. The Hall–Kier alpha value is -2.17. The Labute approximate surface area is 196 Å². The molecule has 2 saturated heterocycles. The molecule has 9 nitrogen and oxygen atoms in total. The first kappa shape index (κ1) is 25.5. The Balaban J connectivity index is 1.43. The summed E-state index contributed by atoms with van der Waals surface area (Å²) in [6.45, 7) is 8.21. The Morgan fingerprint density at radius 2 is 1.67 bits per heavy atom. The van der Waals surface area contributed by atoms with Crippen LogP contribution in [-0.4, -0.2) is 80.7 Å². The first-order chi connectivity index (χ1) is 15.5. The van der Waals surface area contributed by atoms with E-state index in [1.54, 1.807) is 24.3 Å². The third kappa shape index (κ3) is 7.41. The molecule has 2 heterocycles. The zero-order valence-electron chi connectivity index (χ0n) is 19.7. The second-order valence-electron chi connectivity index (χ2n) is 9.46. The highest BCUT2D eigenvalue weighted by Gasteiger charge is 2.27. The number of piperidine rings is 1. The molecule has 1 aromatic rings. The number of hydrogen-bond acceptors (Lipinski definition) is 6. The predicted octanol–water partition coefficient (Wildman–Crippen LogP) is 2.16. The van der Waals surface area contributed by atoms with E-state index in [1.807, 2.05) is 25.7 Å². The summed E-state index contributed by atoms with van der Waals surface area (Å²) >= 11 is 0. The summed E-state index contributed by atoms with van der Waals surface area (Å²) in [6, 6.07) is 6.77. The molecule has 1 N–H and O–H groups in total. The van der Waals surface area contributed by atoms with Crippen LogP contribution in [0.2, 0.25) is 0 Å². The summed E-state index contributed by atoms with van der Waals surface area (Å²) in [5, 5.41) is 2.88. The summed E-state index contributed by atoms with van der Waals surface area (Å²) in [6.07, 6.45) is 1.87. The van der Waals surface area contributed by atoms with E-state index in [2.05, 4.69) is 5.32 Å². The SMILES string of the molecule is CC(C)(C)OC(=O)NC1CCN(C(=O)CCc2ccc(S(=O)(=O)N3CCOCC3)cc2)CC1. The fourth-order valence-corrected chi connectivity index (χ4v) is 5.33. The van der Waals surface area contributed by atoms with E-state index in [1.165, 1.54) is 4.31 Å². The number of alkyl carbamates (subject to hydrolysis) is 1. The molecular formula is C23H35N3O6S. The number of rotatable bonds is 6. The Bertz CT molecular complexity index is 913. The number of carbonyl (C=O) groups excluding carboxylic acids is 2. The molecule has 0 saturated carbocycles. The van der Waals surface area contributed by atoms with Crippen molar-refractivity contribution in [2.45, 2.75) is 63.0 Å². The van der Waals surface area contributed by atoms with Crippen molar-refractivity contribution in [2.24, 2.45) is 0 Å². The van der Waals surface area contributed by atoms with Crippen LogP contribution < -0.4 is 5.32 Å². The van der Waals surface area contributed by atoms with Gasteiger partial charge in [0.25, 0.3) is 0 Å². The lowest BCUT2D eigenvalue weighted by atomic mass is 10.0. The van der Waals surface area contributed by atoms with Gasteiger partial charge in [0.15, 0.2) is 0 Å². The topological polar surface area (TPSA) is 105 Å². The molecule has 2 fully saturated rings. The average molecular weight is 482 g/mol. The molecule has 2 aliphatic heterocycles. The molecule has 0 unspecified atom stereocenters. The van der Waals surface area contributed by atoms with Gasteiger partial charge in [-0.3, -0.25) is 4.79 Å². The van der Waals surface area contributed by atoms with E-state index in [0.717, 1.165) is 5.56 Å². The Morgan fingerprint density at radius 1 is 1.06 bits per heavy atom. The molecule has 2 amide bonds. The van der Waals surface area contributed by atoms with Crippen LogP contribution in [0.3, 0.4) is 0 Å². The first-order valence-electron chi connectivity index (χ1n) is 11.5. The maximum absolute atomic E-state index is 12.7. The van der Waals surface area contributed by atoms with Gasteiger partial charge in [-0.05, 0) is 57.7 Å². The third-order valence-electron chi connectivity index (χ3n) is 5.73. The quantitative estimate of drug-likeness (QED) is 0.668. The second kappa shape index (κ2) is 10.8. The van der Waals surface area contributed by atoms with Crippen LogP contribution in [0.15, 0.2) is 29.2 Å². The number of ether oxygens (including phenoxy) is 2. The van der Waals surface area contributed by atoms with Gasteiger partial charge in [-0.2, -0.15) is 4.31 Å². The van der Waals surface area contributed by atoms with Gasteiger partial charge >= 0.3 is 6.09 Å². The molecule has 0 bridgehead atoms. The summed E-state index contributed by atoms with van der Waals surface area (Å²) in [4.78, 5) is 26.6. The minimum Gasteiger partial charge on any atom is -0.444 e. The molecule has 2 aliphatic rings. The Kier molecular flexibility index (Phi) is 8.36. The van der Waals surface area contributed by atoms with Crippen molar-refractivity contribution in [3.8, 4) is 0 Å². The third-order valence-corrected chi connectivity index (χ3v) is 7.64. The number of likely N-dealkylation sites (tertiary alicyclic amines) is 1. The minimum atomic E-state index is -3.51. The maximum atomic E-state index is 12.7. The zero-order chi connectivity index (χ0) is 24.1. The van der Waals surface area contributed by atoms with Crippen molar-refractivity contribution < 1.29 is 27.5 Å². The van der Waals surface area contributed by atoms with E-state index >= 15 is 0 Å². The minimum absolute atomic E-state index is 0.00450. The summed E-state index contributed by atoms with van der Waals surface area (Å²) in [5.41, 5.74) is 0.386. The van der Waals surface area contributed by atoms with Crippen LogP contribution in [0.4, 0.5) is 4.79 Å². The largest absolute Gasteiger partial charge is 0.444 e. The maximum Gasteiger partial charge on any atom is 0.407 e.